The molecule has 2 aliphatic heterocycles. The monoisotopic (exact) mass is 451 g/mol. The first-order valence-electron chi connectivity index (χ1n) is 11.3. The molecule has 3 aliphatic rings. The highest BCUT2D eigenvalue weighted by Gasteiger charge is 2.74. The van der Waals surface area contributed by atoms with Crippen LogP contribution in [0.5, 0.6) is 0 Å². The molecule has 2 saturated heterocycles. The third-order valence-corrected chi connectivity index (χ3v) is 7.21. The Bertz CT molecular complexity index is 1300. The summed E-state index contributed by atoms with van der Waals surface area (Å²) < 4.78 is 6.25. The van der Waals surface area contributed by atoms with E-state index in [4.69, 9.17) is 4.74 Å². The van der Waals surface area contributed by atoms with E-state index in [2.05, 4.69) is 0 Å². The minimum atomic E-state index is -2.01. The minimum Gasteiger partial charge on any atom is -0.349 e. The Labute approximate surface area is 196 Å². The number of nitrogens with zero attached hydrogens (tertiary/aromatic N) is 1. The van der Waals surface area contributed by atoms with E-state index >= 15 is 0 Å². The summed E-state index contributed by atoms with van der Waals surface area (Å²) in [4.78, 5) is 55.9. The SMILES string of the molecule is O=C1[C@@H]2[C@@H](c3ccccc3)OC3(C(=O)c4ccccc4C3=O)[C@H]2C(=O)N1CCc1ccccc1. The van der Waals surface area contributed by atoms with Gasteiger partial charge >= 0.3 is 0 Å². The first-order chi connectivity index (χ1) is 16.5. The molecule has 0 unspecified atom stereocenters. The van der Waals surface area contributed by atoms with Gasteiger partial charge in [0.05, 0.1) is 17.9 Å². The molecule has 2 fully saturated rings. The summed E-state index contributed by atoms with van der Waals surface area (Å²) in [6.45, 7) is 0.182. The number of Topliss-reactive ketones (excluding diaryl/α,β-unsaturated/α-hetero) is 2. The van der Waals surface area contributed by atoms with Gasteiger partial charge in [-0.05, 0) is 17.5 Å². The topological polar surface area (TPSA) is 80.8 Å². The largest absolute Gasteiger partial charge is 0.349 e. The normalized spacial score (nSPS) is 24.7. The van der Waals surface area contributed by atoms with E-state index in [0.29, 0.717) is 12.0 Å². The van der Waals surface area contributed by atoms with Crippen LogP contribution in [0.25, 0.3) is 0 Å². The van der Waals surface area contributed by atoms with E-state index in [1.54, 1.807) is 48.5 Å². The predicted molar refractivity (Wildman–Crippen MR) is 122 cm³/mol. The van der Waals surface area contributed by atoms with Crippen molar-refractivity contribution >= 4 is 23.4 Å². The molecular weight excluding hydrogens is 430 g/mol. The van der Waals surface area contributed by atoms with Gasteiger partial charge in [0.2, 0.25) is 29.0 Å². The average Bonchev–Trinajstić information content (AvgIpc) is 3.44. The fraction of sp³-hybridized carbons (Fsp3) is 0.214. The summed E-state index contributed by atoms with van der Waals surface area (Å²) >= 11 is 0. The number of hydrogen-bond donors (Lipinski definition) is 0. The second-order valence-corrected chi connectivity index (χ2v) is 8.96. The number of benzene rings is 3. The Balaban J connectivity index is 1.43. The van der Waals surface area contributed by atoms with E-state index in [0.717, 1.165) is 5.56 Å². The van der Waals surface area contributed by atoms with E-state index in [9.17, 15) is 19.2 Å². The molecule has 2 heterocycles. The van der Waals surface area contributed by atoms with Crippen molar-refractivity contribution in [3.05, 3.63) is 107 Å². The molecule has 0 aromatic heterocycles. The molecule has 0 N–H and O–H groups in total. The van der Waals surface area contributed by atoms with Crippen LogP contribution in [-0.2, 0) is 20.7 Å². The standard InChI is InChI=1S/C28H21NO5/c30-24-19-13-7-8-14-20(19)25(31)28(24)22-21(23(34-28)18-11-5-2-6-12-18)26(32)29(27(22)33)16-15-17-9-3-1-4-10-17/h1-14,21-23H,15-16H2/t21-,22+,23+/m0/s1. The minimum absolute atomic E-state index is 0.182. The van der Waals surface area contributed by atoms with Crippen molar-refractivity contribution in [2.45, 2.75) is 18.1 Å². The molecule has 6 rings (SSSR count). The third kappa shape index (κ3) is 2.72. The van der Waals surface area contributed by atoms with Crippen molar-refractivity contribution < 1.29 is 23.9 Å². The maximum Gasteiger partial charge on any atom is 0.237 e. The van der Waals surface area contributed by atoms with Gasteiger partial charge in [0.15, 0.2) is 0 Å². The van der Waals surface area contributed by atoms with Gasteiger partial charge in [0.25, 0.3) is 0 Å². The van der Waals surface area contributed by atoms with Gasteiger partial charge in [-0.3, -0.25) is 24.1 Å². The number of carbonyl (C=O) groups excluding carboxylic acids is 4. The average molecular weight is 451 g/mol. The summed E-state index contributed by atoms with van der Waals surface area (Å²) in [5.41, 5.74) is 0.123. The van der Waals surface area contributed by atoms with Crippen LogP contribution in [0.1, 0.15) is 37.9 Å². The lowest BCUT2D eigenvalue weighted by molar-refractivity contribution is -0.144. The number of fused-ring (bicyclic) bond motifs is 3. The number of ether oxygens (including phenoxy) is 1. The second-order valence-electron chi connectivity index (χ2n) is 8.96. The van der Waals surface area contributed by atoms with Crippen LogP contribution in [0.3, 0.4) is 0 Å². The zero-order valence-electron chi connectivity index (χ0n) is 18.2. The summed E-state index contributed by atoms with van der Waals surface area (Å²) in [6, 6.07) is 25.1. The smallest absolute Gasteiger partial charge is 0.237 e. The number of imide groups is 1. The molecule has 0 saturated carbocycles. The van der Waals surface area contributed by atoms with Crippen LogP contribution >= 0.6 is 0 Å². The highest BCUT2D eigenvalue weighted by molar-refractivity contribution is 6.35. The van der Waals surface area contributed by atoms with Gasteiger partial charge in [-0.25, -0.2) is 0 Å². The lowest BCUT2D eigenvalue weighted by Crippen LogP contribution is -2.51. The van der Waals surface area contributed by atoms with E-state index in [1.807, 2.05) is 36.4 Å². The van der Waals surface area contributed by atoms with Gasteiger partial charge in [-0.2, -0.15) is 0 Å². The maximum absolute atomic E-state index is 13.7. The maximum atomic E-state index is 13.7. The van der Waals surface area contributed by atoms with Crippen molar-refractivity contribution in [2.75, 3.05) is 6.54 Å². The summed E-state index contributed by atoms with van der Waals surface area (Å²) in [5.74, 6) is -4.10. The molecule has 6 heteroatoms. The van der Waals surface area contributed by atoms with Crippen molar-refractivity contribution in [3.8, 4) is 0 Å². The second kappa shape index (κ2) is 7.57. The fourth-order valence-electron chi connectivity index (χ4n) is 5.63. The highest BCUT2D eigenvalue weighted by atomic mass is 16.5. The Morgan fingerprint density at radius 2 is 1.26 bits per heavy atom. The number of amides is 2. The predicted octanol–water partition coefficient (Wildman–Crippen LogP) is 3.42. The van der Waals surface area contributed by atoms with Gasteiger partial charge < -0.3 is 4.74 Å². The van der Waals surface area contributed by atoms with E-state index < -0.39 is 46.9 Å². The van der Waals surface area contributed by atoms with E-state index in [-0.39, 0.29) is 17.7 Å². The quantitative estimate of drug-likeness (QED) is 0.449. The van der Waals surface area contributed by atoms with Crippen LogP contribution in [0, 0.1) is 11.8 Å². The molecular formula is C28H21NO5. The number of ketones is 2. The van der Waals surface area contributed by atoms with Gasteiger partial charge in [0, 0.05) is 17.7 Å². The van der Waals surface area contributed by atoms with Gasteiger partial charge in [-0.1, -0.05) is 84.9 Å². The van der Waals surface area contributed by atoms with Crippen molar-refractivity contribution in [3.63, 3.8) is 0 Å². The summed E-state index contributed by atoms with van der Waals surface area (Å²) in [6.07, 6.45) is -0.379. The molecule has 3 aromatic rings. The molecule has 6 nitrogen and oxygen atoms in total. The Morgan fingerprint density at radius 1 is 0.706 bits per heavy atom. The van der Waals surface area contributed by atoms with Crippen molar-refractivity contribution in [2.24, 2.45) is 11.8 Å². The molecule has 168 valence electrons. The zero-order valence-corrected chi connectivity index (χ0v) is 18.2. The lowest BCUT2D eigenvalue weighted by atomic mass is 9.77. The fourth-order valence-corrected chi connectivity index (χ4v) is 5.63. The molecule has 1 aliphatic carbocycles. The number of rotatable bonds is 4. The van der Waals surface area contributed by atoms with Crippen molar-refractivity contribution in [1.29, 1.82) is 0 Å². The zero-order chi connectivity index (χ0) is 23.4. The van der Waals surface area contributed by atoms with Crippen LogP contribution in [-0.4, -0.2) is 40.4 Å². The van der Waals surface area contributed by atoms with Crippen LogP contribution in [0.2, 0.25) is 0 Å². The molecule has 3 aromatic carbocycles. The number of hydrogen-bond acceptors (Lipinski definition) is 5. The molecule has 0 radical (unpaired) electrons. The van der Waals surface area contributed by atoms with Crippen molar-refractivity contribution in [1.82, 2.24) is 4.90 Å². The van der Waals surface area contributed by atoms with Crippen LogP contribution in [0.15, 0.2) is 84.9 Å². The van der Waals surface area contributed by atoms with Gasteiger partial charge in [-0.15, -0.1) is 0 Å². The number of likely N-dealkylation sites (tertiary alicyclic amines) is 1. The Hall–Kier alpha value is -3.90. The first kappa shape index (κ1) is 20.7. The molecule has 3 atom stereocenters. The summed E-state index contributed by atoms with van der Waals surface area (Å²) in [5, 5.41) is 0. The first-order valence-corrected chi connectivity index (χ1v) is 11.3. The lowest BCUT2D eigenvalue weighted by Gasteiger charge is -2.27. The molecule has 1 spiro atoms. The molecule has 2 amide bonds. The summed E-state index contributed by atoms with van der Waals surface area (Å²) in [7, 11) is 0. The third-order valence-electron chi connectivity index (χ3n) is 7.21. The number of carbonyl (C=O) groups is 4. The molecule has 0 bridgehead atoms. The van der Waals surface area contributed by atoms with E-state index in [1.165, 1.54) is 4.90 Å². The Kier molecular flexibility index (Phi) is 4.61. The highest BCUT2D eigenvalue weighted by Crippen LogP contribution is 2.57. The van der Waals surface area contributed by atoms with Crippen LogP contribution < -0.4 is 0 Å². The van der Waals surface area contributed by atoms with Crippen LogP contribution in [0.4, 0.5) is 0 Å². The Morgan fingerprint density at radius 3 is 1.88 bits per heavy atom. The van der Waals surface area contributed by atoms with Gasteiger partial charge in [0.1, 0.15) is 0 Å². The molecule has 34 heavy (non-hydrogen) atoms.